The predicted octanol–water partition coefficient (Wildman–Crippen LogP) is 3.21. The fourth-order valence-corrected chi connectivity index (χ4v) is 4.41. The number of hydrogen-bond acceptors (Lipinski definition) is 4. The Kier molecular flexibility index (Phi) is 4.39. The average Bonchev–Trinajstić information content (AvgIpc) is 3.30. The average molecular weight is 392 g/mol. The number of fused-ring (bicyclic) bond motifs is 1. The van der Waals surface area contributed by atoms with Gasteiger partial charge in [0.05, 0.1) is 29.2 Å². The van der Waals surface area contributed by atoms with E-state index in [1.807, 2.05) is 24.3 Å². The summed E-state index contributed by atoms with van der Waals surface area (Å²) in [5.74, 6) is 0.471. The number of aromatic amines is 1. The van der Waals surface area contributed by atoms with Crippen LogP contribution in [0.25, 0.3) is 11.0 Å². The predicted molar refractivity (Wildman–Crippen MR) is 107 cm³/mol. The van der Waals surface area contributed by atoms with Crippen molar-refractivity contribution in [3.05, 3.63) is 60.2 Å². The lowest BCUT2D eigenvalue weighted by Crippen LogP contribution is -2.45. The number of benzene rings is 2. The number of carbonyl (C=O) groups is 2. The summed E-state index contributed by atoms with van der Waals surface area (Å²) in [7, 11) is 0. The molecule has 2 aliphatic heterocycles. The van der Waals surface area contributed by atoms with Crippen LogP contribution in [0, 0.1) is 5.82 Å². The van der Waals surface area contributed by atoms with Gasteiger partial charge in [-0.1, -0.05) is 12.1 Å². The molecule has 3 heterocycles. The van der Waals surface area contributed by atoms with Crippen molar-refractivity contribution in [1.29, 1.82) is 0 Å². The fourth-order valence-electron chi connectivity index (χ4n) is 4.41. The molecule has 0 aliphatic carbocycles. The van der Waals surface area contributed by atoms with E-state index in [1.54, 1.807) is 0 Å². The van der Waals surface area contributed by atoms with Crippen molar-refractivity contribution in [3.63, 3.8) is 0 Å². The van der Waals surface area contributed by atoms with E-state index in [2.05, 4.69) is 9.88 Å². The topological polar surface area (TPSA) is 69.3 Å². The van der Waals surface area contributed by atoms with Gasteiger partial charge in [0.1, 0.15) is 11.6 Å². The summed E-state index contributed by atoms with van der Waals surface area (Å²) in [5.41, 5.74) is 2.44. The molecule has 0 spiro atoms. The van der Waals surface area contributed by atoms with E-state index in [0.29, 0.717) is 11.6 Å². The van der Waals surface area contributed by atoms with Crippen molar-refractivity contribution in [2.75, 3.05) is 18.0 Å². The van der Waals surface area contributed by atoms with E-state index in [0.717, 1.165) is 42.8 Å². The van der Waals surface area contributed by atoms with Crippen LogP contribution in [0.3, 0.4) is 0 Å². The van der Waals surface area contributed by atoms with Gasteiger partial charge in [0.25, 0.3) is 5.91 Å². The van der Waals surface area contributed by atoms with Crippen LogP contribution >= 0.6 is 0 Å². The molecular weight excluding hydrogens is 371 g/mol. The Balaban J connectivity index is 1.27. The Morgan fingerprint density at radius 2 is 1.72 bits per heavy atom. The minimum atomic E-state index is -0.441. The lowest BCUT2D eigenvalue weighted by molar-refractivity contribution is -0.123. The highest BCUT2D eigenvalue weighted by Gasteiger charge is 2.43. The number of nitrogens with one attached hydrogen (secondary N) is 1. The zero-order chi connectivity index (χ0) is 20.0. The molecule has 2 saturated heterocycles. The van der Waals surface area contributed by atoms with Crippen molar-refractivity contribution in [2.45, 2.75) is 31.2 Å². The van der Waals surface area contributed by atoms with Gasteiger partial charge in [0.15, 0.2) is 0 Å². The molecule has 0 bridgehead atoms. The van der Waals surface area contributed by atoms with Gasteiger partial charge in [-0.15, -0.1) is 0 Å². The van der Waals surface area contributed by atoms with Crippen molar-refractivity contribution in [2.24, 2.45) is 0 Å². The summed E-state index contributed by atoms with van der Waals surface area (Å²) in [5, 5.41) is 0. The number of aromatic nitrogens is 2. The largest absolute Gasteiger partial charge is 0.342 e. The van der Waals surface area contributed by atoms with E-state index in [4.69, 9.17) is 4.98 Å². The minimum absolute atomic E-state index is 0.172. The molecule has 2 aromatic carbocycles. The molecule has 3 aromatic rings. The summed E-state index contributed by atoms with van der Waals surface area (Å²) < 4.78 is 13.2. The van der Waals surface area contributed by atoms with Crippen LogP contribution in [0.4, 0.5) is 10.1 Å². The number of nitrogens with zero attached hydrogens (tertiary/aromatic N) is 3. The Morgan fingerprint density at radius 1 is 1.00 bits per heavy atom. The first-order valence-corrected chi connectivity index (χ1v) is 9.91. The number of piperidine rings is 1. The fraction of sp³-hybridized carbons (Fsp3) is 0.318. The molecule has 148 valence electrons. The maximum atomic E-state index is 13.2. The molecule has 5 rings (SSSR count). The first-order valence-electron chi connectivity index (χ1n) is 9.91. The van der Waals surface area contributed by atoms with Crippen molar-refractivity contribution >= 4 is 28.5 Å². The van der Waals surface area contributed by atoms with Crippen LogP contribution in [0.5, 0.6) is 0 Å². The summed E-state index contributed by atoms with van der Waals surface area (Å²) in [6.07, 6.45) is 1.94. The number of anilines is 1. The van der Waals surface area contributed by atoms with Gasteiger partial charge in [-0.3, -0.25) is 14.5 Å². The molecule has 2 amide bonds. The molecule has 0 unspecified atom stereocenters. The number of imide groups is 1. The third-order valence-electron chi connectivity index (χ3n) is 5.97. The van der Waals surface area contributed by atoms with Gasteiger partial charge in [-0.05, 0) is 62.3 Å². The number of hydrogen-bond donors (Lipinski definition) is 1. The summed E-state index contributed by atoms with van der Waals surface area (Å²) in [6.45, 7) is 1.48. The molecule has 1 N–H and O–H groups in total. The molecule has 6 nitrogen and oxygen atoms in total. The second-order valence-corrected chi connectivity index (χ2v) is 7.71. The lowest BCUT2D eigenvalue weighted by Gasteiger charge is -2.34. The molecule has 1 atom stereocenters. The molecular formula is C22H21FN4O2. The Bertz CT molecular complexity index is 1040. The highest BCUT2D eigenvalue weighted by atomic mass is 19.1. The van der Waals surface area contributed by atoms with Gasteiger partial charge in [-0.25, -0.2) is 14.3 Å². The maximum Gasteiger partial charge on any atom is 0.251 e. The summed E-state index contributed by atoms with van der Waals surface area (Å²) in [4.78, 5) is 36.8. The van der Waals surface area contributed by atoms with Gasteiger partial charge in [0, 0.05) is 5.92 Å². The lowest BCUT2D eigenvalue weighted by atomic mass is 9.95. The number of likely N-dealkylation sites (tertiary alicyclic amines) is 1. The zero-order valence-electron chi connectivity index (χ0n) is 15.8. The zero-order valence-corrected chi connectivity index (χ0v) is 15.8. The number of H-pyrrole nitrogens is 1. The minimum Gasteiger partial charge on any atom is -0.342 e. The second kappa shape index (κ2) is 7.08. The quantitative estimate of drug-likeness (QED) is 0.695. The highest BCUT2D eigenvalue weighted by molar-refractivity contribution is 6.22. The number of amides is 2. The second-order valence-electron chi connectivity index (χ2n) is 7.71. The van der Waals surface area contributed by atoms with E-state index in [1.165, 1.54) is 29.2 Å². The molecule has 0 radical (unpaired) electrons. The van der Waals surface area contributed by atoms with E-state index in [-0.39, 0.29) is 18.2 Å². The molecule has 2 aliphatic rings. The molecule has 29 heavy (non-hydrogen) atoms. The first-order chi connectivity index (χ1) is 14.1. The van der Waals surface area contributed by atoms with Crippen molar-refractivity contribution in [1.82, 2.24) is 14.9 Å². The molecule has 1 aromatic heterocycles. The third-order valence-corrected chi connectivity index (χ3v) is 5.97. The van der Waals surface area contributed by atoms with Crippen LogP contribution in [0.2, 0.25) is 0 Å². The number of rotatable bonds is 3. The highest BCUT2D eigenvalue weighted by Crippen LogP contribution is 2.32. The van der Waals surface area contributed by atoms with E-state index in [9.17, 15) is 14.0 Å². The maximum absolute atomic E-state index is 13.2. The monoisotopic (exact) mass is 392 g/mol. The third kappa shape index (κ3) is 3.21. The standard InChI is InChI=1S/C22H21FN4O2/c23-15-5-7-16(8-6-15)27-20(28)13-19(22(27)29)26-11-9-14(10-12-26)21-24-17-3-1-2-4-18(17)25-21/h1-8,14,19H,9-13H2,(H,24,25)/t19-/m1/s1. The molecule has 0 saturated carbocycles. The first kappa shape index (κ1) is 18.0. The Morgan fingerprint density at radius 3 is 2.45 bits per heavy atom. The van der Waals surface area contributed by atoms with Crippen molar-refractivity contribution in [3.8, 4) is 0 Å². The molecule has 7 heteroatoms. The summed E-state index contributed by atoms with van der Waals surface area (Å²) in [6, 6.07) is 13.0. The SMILES string of the molecule is O=C1C[C@@H](N2CCC(c3nc4ccccc4[nH]3)CC2)C(=O)N1c1ccc(F)cc1. The number of halogens is 1. The normalized spacial score (nSPS) is 21.4. The number of carbonyl (C=O) groups excluding carboxylic acids is 2. The smallest absolute Gasteiger partial charge is 0.251 e. The number of imidazole rings is 1. The van der Waals surface area contributed by atoms with Crippen LogP contribution in [0.15, 0.2) is 48.5 Å². The Labute approximate surface area is 167 Å². The van der Waals surface area contributed by atoms with Gasteiger partial charge < -0.3 is 4.98 Å². The van der Waals surface area contributed by atoms with Gasteiger partial charge >= 0.3 is 0 Å². The van der Waals surface area contributed by atoms with Crippen LogP contribution in [-0.2, 0) is 9.59 Å². The van der Waals surface area contributed by atoms with E-state index >= 15 is 0 Å². The van der Waals surface area contributed by atoms with Crippen LogP contribution in [-0.4, -0.2) is 45.8 Å². The number of para-hydroxylation sites is 2. The Hall–Kier alpha value is -3.06. The van der Waals surface area contributed by atoms with Crippen LogP contribution < -0.4 is 4.90 Å². The van der Waals surface area contributed by atoms with Gasteiger partial charge in [0.2, 0.25) is 5.91 Å². The van der Waals surface area contributed by atoms with Crippen LogP contribution in [0.1, 0.15) is 31.0 Å². The summed E-state index contributed by atoms with van der Waals surface area (Å²) >= 11 is 0. The molecule has 2 fully saturated rings. The van der Waals surface area contributed by atoms with E-state index < -0.39 is 11.9 Å². The van der Waals surface area contributed by atoms with Gasteiger partial charge in [-0.2, -0.15) is 0 Å². The van der Waals surface area contributed by atoms with Crippen molar-refractivity contribution < 1.29 is 14.0 Å².